The maximum atomic E-state index is 13.1. The van der Waals surface area contributed by atoms with Gasteiger partial charge in [0.05, 0.1) is 43.6 Å². The van der Waals surface area contributed by atoms with Crippen molar-refractivity contribution in [2.24, 2.45) is 0 Å². The number of carbonyl (C=O) groups is 1. The van der Waals surface area contributed by atoms with E-state index in [9.17, 15) is 4.79 Å². The second kappa shape index (κ2) is 8.76. The molecule has 3 heterocycles. The molecule has 1 saturated heterocycles. The van der Waals surface area contributed by atoms with Gasteiger partial charge in [0.2, 0.25) is 5.76 Å². The number of fused-ring (bicyclic) bond motifs is 1. The first kappa shape index (κ1) is 19.0. The summed E-state index contributed by atoms with van der Waals surface area (Å²) in [5, 5.41) is 0.649. The van der Waals surface area contributed by atoms with Gasteiger partial charge in [0.1, 0.15) is 38.3 Å². The Kier molecular flexibility index (Phi) is 5.94. The molecule has 8 nitrogen and oxygen atoms in total. The van der Waals surface area contributed by atoms with E-state index in [4.69, 9.17) is 18.9 Å². The maximum Gasteiger partial charge on any atom is 0.298 e. The third kappa shape index (κ3) is 4.21. The normalized spacial score (nSPS) is 17.5. The molecule has 0 atom stereocenters. The summed E-state index contributed by atoms with van der Waals surface area (Å²) in [5.41, 5.74) is 0.811. The highest BCUT2D eigenvalue weighted by molar-refractivity contribution is 7.22. The first-order valence-corrected chi connectivity index (χ1v) is 10.2. The number of nitrogens with one attached hydrogen (secondary N) is 1. The molecule has 0 saturated carbocycles. The van der Waals surface area contributed by atoms with Gasteiger partial charge in [-0.3, -0.25) is 9.69 Å². The highest BCUT2D eigenvalue weighted by Gasteiger charge is 2.28. The van der Waals surface area contributed by atoms with Crippen molar-refractivity contribution in [1.82, 2.24) is 4.98 Å². The summed E-state index contributed by atoms with van der Waals surface area (Å²) in [6.45, 7) is 5.60. The molecule has 0 bridgehead atoms. The number of morpholine rings is 1. The Bertz CT molecular complexity index is 862. The lowest BCUT2D eigenvalue weighted by Crippen LogP contribution is -3.14. The van der Waals surface area contributed by atoms with Gasteiger partial charge in [0, 0.05) is 6.07 Å². The van der Waals surface area contributed by atoms with Crippen molar-refractivity contribution in [3.8, 4) is 5.75 Å². The fourth-order valence-corrected chi connectivity index (χ4v) is 4.19. The number of ether oxygens (including phenoxy) is 4. The van der Waals surface area contributed by atoms with Crippen molar-refractivity contribution in [3.63, 3.8) is 0 Å². The van der Waals surface area contributed by atoms with Gasteiger partial charge in [0.15, 0.2) is 5.13 Å². The minimum atomic E-state index is -0.224. The Balaban J connectivity index is 1.59. The maximum absolute atomic E-state index is 13.1. The van der Waals surface area contributed by atoms with E-state index in [1.165, 1.54) is 22.5 Å². The van der Waals surface area contributed by atoms with Crippen LogP contribution in [0.3, 0.4) is 0 Å². The molecule has 2 aromatic rings. The SMILES string of the molecule is COc1ccc2sc(N(CC[NH+]3CCOCC3)C(=O)C3=COCCO3)nc2c1. The third-order valence-electron chi connectivity index (χ3n) is 4.81. The van der Waals surface area contributed by atoms with Crippen molar-refractivity contribution >= 4 is 32.6 Å². The smallest absolute Gasteiger partial charge is 0.298 e. The number of hydrogen-bond donors (Lipinski definition) is 1. The molecule has 1 aromatic heterocycles. The van der Waals surface area contributed by atoms with E-state index in [1.54, 1.807) is 12.0 Å². The van der Waals surface area contributed by atoms with Gasteiger partial charge in [-0.1, -0.05) is 11.3 Å². The van der Waals surface area contributed by atoms with E-state index in [2.05, 4.69) is 4.98 Å². The molecule has 1 aromatic carbocycles. The number of rotatable bonds is 6. The number of nitrogens with zero attached hydrogens (tertiary/aromatic N) is 2. The average molecular weight is 406 g/mol. The molecular weight excluding hydrogens is 382 g/mol. The molecule has 28 heavy (non-hydrogen) atoms. The second-order valence-corrected chi connectivity index (χ2v) is 7.61. The van der Waals surface area contributed by atoms with Crippen LogP contribution in [0.5, 0.6) is 5.75 Å². The van der Waals surface area contributed by atoms with Gasteiger partial charge in [0.25, 0.3) is 5.91 Å². The molecule has 1 amide bonds. The van der Waals surface area contributed by atoms with Crippen LogP contribution in [0, 0.1) is 0 Å². The summed E-state index contributed by atoms with van der Waals surface area (Å²) < 4.78 is 22.5. The zero-order valence-electron chi connectivity index (χ0n) is 15.8. The Morgan fingerprint density at radius 2 is 2.14 bits per heavy atom. The summed E-state index contributed by atoms with van der Waals surface area (Å²) in [4.78, 5) is 20.9. The van der Waals surface area contributed by atoms with E-state index in [0.29, 0.717) is 24.9 Å². The van der Waals surface area contributed by atoms with Crippen LogP contribution in [0.25, 0.3) is 10.2 Å². The first-order chi connectivity index (χ1) is 13.7. The average Bonchev–Trinajstić information content (AvgIpc) is 3.18. The van der Waals surface area contributed by atoms with E-state index < -0.39 is 0 Å². The first-order valence-electron chi connectivity index (χ1n) is 9.37. The number of methoxy groups -OCH3 is 1. The van der Waals surface area contributed by atoms with Crippen LogP contribution in [-0.4, -0.2) is 70.6 Å². The van der Waals surface area contributed by atoms with Gasteiger partial charge in [-0.15, -0.1) is 0 Å². The summed E-state index contributed by atoms with van der Waals surface area (Å²) in [6.07, 6.45) is 1.40. The number of aromatic nitrogens is 1. The predicted molar refractivity (Wildman–Crippen MR) is 105 cm³/mol. The number of carbonyl (C=O) groups excluding carboxylic acids is 1. The predicted octanol–water partition coefficient (Wildman–Crippen LogP) is 0.441. The summed E-state index contributed by atoms with van der Waals surface area (Å²) in [6, 6.07) is 5.74. The Hall–Kier alpha value is -2.36. The molecule has 150 valence electrons. The molecule has 2 aliphatic heterocycles. The molecule has 0 spiro atoms. The number of anilines is 1. The van der Waals surface area contributed by atoms with Gasteiger partial charge in [-0.25, -0.2) is 4.98 Å². The van der Waals surface area contributed by atoms with Crippen LogP contribution in [0.4, 0.5) is 5.13 Å². The molecule has 9 heteroatoms. The summed E-state index contributed by atoms with van der Waals surface area (Å²) >= 11 is 1.48. The monoisotopic (exact) mass is 406 g/mol. The second-order valence-electron chi connectivity index (χ2n) is 6.60. The van der Waals surface area contributed by atoms with Crippen molar-refractivity contribution in [1.29, 1.82) is 0 Å². The van der Waals surface area contributed by atoms with E-state index >= 15 is 0 Å². The van der Waals surface area contributed by atoms with Crippen LogP contribution >= 0.6 is 11.3 Å². The Morgan fingerprint density at radius 1 is 1.29 bits per heavy atom. The third-order valence-corrected chi connectivity index (χ3v) is 5.87. The summed E-state index contributed by atoms with van der Waals surface area (Å²) in [5.74, 6) is 0.741. The molecule has 4 rings (SSSR count). The van der Waals surface area contributed by atoms with Crippen molar-refractivity contribution in [2.45, 2.75) is 0 Å². The van der Waals surface area contributed by atoms with Gasteiger partial charge in [-0.05, 0) is 12.1 Å². The standard InChI is InChI=1S/C19H23N3O5S/c1-24-14-2-3-17-15(12-14)20-19(28-17)22(5-4-21-6-8-25-9-7-21)18(23)16-13-26-10-11-27-16/h2-3,12-13H,4-11H2,1H3/p+1. The van der Waals surface area contributed by atoms with Crippen molar-refractivity contribution in [2.75, 3.05) is 64.6 Å². The van der Waals surface area contributed by atoms with Crippen LogP contribution in [0.15, 0.2) is 30.2 Å². The number of hydrogen-bond acceptors (Lipinski definition) is 7. The van der Waals surface area contributed by atoms with E-state index in [0.717, 1.165) is 48.8 Å². The zero-order valence-corrected chi connectivity index (χ0v) is 16.6. The zero-order chi connectivity index (χ0) is 19.3. The van der Waals surface area contributed by atoms with Crippen molar-refractivity contribution < 1.29 is 28.6 Å². The van der Waals surface area contributed by atoms with Gasteiger partial charge in [-0.2, -0.15) is 0 Å². The van der Waals surface area contributed by atoms with Crippen molar-refractivity contribution in [3.05, 3.63) is 30.2 Å². The minimum Gasteiger partial charge on any atom is -0.497 e. The number of benzene rings is 1. The number of quaternary nitrogens is 1. The number of amides is 1. The topological polar surface area (TPSA) is 74.6 Å². The van der Waals surface area contributed by atoms with Crippen LogP contribution in [-0.2, 0) is 19.0 Å². The van der Waals surface area contributed by atoms with Gasteiger partial charge < -0.3 is 23.8 Å². The lowest BCUT2D eigenvalue weighted by Gasteiger charge is -2.27. The lowest BCUT2D eigenvalue weighted by molar-refractivity contribution is -0.906. The molecule has 1 N–H and O–H groups in total. The molecule has 1 fully saturated rings. The molecule has 0 aliphatic carbocycles. The highest BCUT2D eigenvalue weighted by Crippen LogP contribution is 2.31. The fraction of sp³-hybridized carbons (Fsp3) is 0.474. The fourth-order valence-electron chi connectivity index (χ4n) is 3.22. The molecule has 0 unspecified atom stereocenters. The largest absolute Gasteiger partial charge is 0.497 e. The molecular formula is C19H24N3O5S+. The highest BCUT2D eigenvalue weighted by atomic mass is 32.1. The Morgan fingerprint density at radius 3 is 2.89 bits per heavy atom. The van der Waals surface area contributed by atoms with Gasteiger partial charge >= 0.3 is 0 Å². The Labute approximate surface area is 167 Å². The van der Waals surface area contributed by atoms with Crippen LogP contribution in [0.2, 0.25) is 0 Å². The number of thiazole rings is 1. The molecule has 0 radical (unpaired) electrons. The lowest BCUT2D eigenvalue weighted by atomic mass is 10.3. The minimum absolute atomic E-state index is 0.222. The molecule has 2 aliphatic rings. The summed E-state index contributed by atoms with van der Waals surface area (Å²) in [7, 11) is 1.63. The van der Waals surface area contributed by atoms with Crippen LogP contribution < -0.4 is 14.5 Å². The van der Waals surface area contributed by atoms with Crippen LogP contribution in [0.1, 0.15) is 0 Å². The quantitative estimate of drug-likeness (QED) is 0.751. The van der Waals surface area contributed by atoms with E-state index in [-0.39, 0.29) is 11.7 Å². The van der Waals surface area contributed by atoms with E-state index in [1.807, 2.05) is 18.2 Å².